The van der Waals surface area contributed by atoms with Gasteiger partial charge in [-0.05, 0) is 53.3 Å². The van der Waals surface area contributed by atoms with Crippen molar-refractivity contribution < 1.29 is 13.9 Å². The van der Waals surface area contributed by atoms with Crippen LogP contribution in [0.15, 0.2) is 83.2 Å². The Morgan fingerprint density at radius 3 is 2.71 bits per heavy atom. The van der Waals surface area contributed by atoms with Gasteiger partial charge in [0.25, 0.3) is 0 Å². The maximum absolute atomic E-state index is 14.2. The van der Waals surface area contributed by atoms with Crippen LogP contribution >= 0.6 is 35.0 Å². The van der Waals surface area contributed by atoms with Crippen molar-refractivity contribution in [3.63, 3.8) is 0 Å². The quantitative estimate of drug-likeness (QED) is 0.213. The molecule has 6 nitrogen and oxygen atoms in total. The van der Waals surface area contributed by atoms with Gasteiger partial charge < -0.3 is 10.1 Å². The molecule has 1 atom stereocenters. The van der Waals surface area contributed by atoms with E-state index in [0.717, 1.165) is 16.8 Å². The molecule has 0 saturated heterocycles. The Labute approximate surface area is 251 Å². The summed E-state index contributed by atoms with van der Waals surface area (Å²) in [6, 6.07) is 19.1. The third-order valence-corrected chi connectivity index (χ3v) is 8.68. The summed E-state index contributed by atoms with van der Waals surface area (Å²) in [5.41, 5.74) is 3.61. The van der Waals surface area contributed by atoms with E-state index in [2.05, 4.69) is 19.2 Å². The van der Waals surface area contributed by atoms with E-state index in [0.29, 0.717) is 56.6 Å². The second-order valence-electron chi connectivity index (χ2n) is 11.0. The van der Waals surface area contributed by atoms with Gasteiger partial charge in [0.05, 0.1) is 0 Å². The van der Waals surface area contributed by atoms with E-state index in [1.807, 2.05) is 36.4 Å². The van der Waals surface area contributed by atoms with Crippen LogP contribution in [0.25, 0.3) is 0 Å². The standard InChI is InChI=1S/C31H27Cl2FN4O2S/c1-31(2)14-25-27(26(39)15-31)28(18-7-5-8-22(12-18)40-16-19-10-11-21(32)13-23(19)33)38-29(35-25)36-30(37-38)41-17-20-6-3-4-9-24(20)34/h3-13,28H,14-17H2,1-2H3,(H,35,36,37). The van der Waals surface area contributed by atoms with Gasteiger partial charge in [0.15, 0.2) is 5.78 Å². The highest BCUT2D eigenvalue weighted by Crippen LogP contribution is 2.46. The van der Waals surface area contributed by atoms with Crippen molar-refractivity contribution in [2.75, 3.05) is 5.32 Å². The second kappa shape index (κ2) is 11.2. The number of hydrogen-bond donors (Lipinski definition) is 1. The molecule has 10 heteroatoms. The fourth-order valence-electron chi connectivity index (χ4n) is 5.29. The molecule has 0 radical (unpaired) electrons. The van der Waals surface area contributed by atoms with Crippen molar-refractivity contribution in [2.24, 2.45) is 5.41 Å². The normalized spacial score (nSPS) is 17.6. The van der Waals surface area contributed by atoms with Gasteiger partial charge in [0, 0.05) is 39.1 Å². The minimum Gasteiger partial charge on any atom is -0.489 e. The number of nitrogens with zero attached hydrogens (tertiary/aromatic N) is 3. The van der Waals surface area contributed by atoms with Crippen molar-refractivity contribution in [1.82, 2.24) is 14.8 Å². The van der Waals surface area contributed by atoms with Crippen molar-refractivity contribution in [2.45, 2.75) is 50.2 Å². The number of benzene rings is 3. The largest absolute Gasteiger partial charge is 0.489 e. The lowest BCUT2D eigenvalue weighted by atomic mass is 9.73. The number of allylic oxidation sites excluding steroid dienone is 2. The molecule has 0 amide bonds. The van der Waals surface area contributed by atoms with E-state index in [9.17, 15) is 9.18 Å². The van der Waals surface area contributed by atoms with Crippen LogP contribution in [0.2, 0.25) is 10.0 Å². The zero-order valence-electron chi connectivity index (χ0n) is 22.5. The van der Waals surface area contributed by atoms with E-state index in [-0.39, 0.29) is 23.6 Å². The molecule has 1 aliphatic carbocycles. The molecule has 0 saturated carbocycles. The molecule has 1 aliphatic heterocycles. The fourth-order valence-corrected chi connectivity index (χ4v) is 6.57. The van der Waals surface area contributed by atoms with Gasteiger partial charge in [-0.1, -0.05) is 85.2 Å². The molecule has 1 N–H and O–H groups in total. The van der Waals surface area contributed by atoms with Crippen molar-refractivity contribution in [1.29, 1.82) is 0 Å². The van der Waals surface area contributed by atoms with Crippen LogP contribution in [0.4, 0.5) is 10.3 Å². The van der Waals surface area contributed by atoms with Crippen LogP contribution in [-0.2, 0) is 17.2 Å². The Bertz CT molecular complexity index is 1690. The number of nitrogens with one attached hydrogen (secondary N) is 1. The van der Waals surface area contributed by atoms with Crippen molar-refractivity contribution in [3.05, 3.63) is 111 Å². The Kier molecular flexibility index (Phi) is 7.57. The summed E-state index contributed by atoms with van der Waals surface area (Å²) in [7, 11) is 0. The summed E-state index contributed by atoms with van der Waals surface area (Å²) in [5, 5.41) is 9.77. The van der Waals surface area contributed by atoms with E-state index in [1.165, 1.54) is 17.8 Å². The molecule has 6 rings (SSSR count). The number of aromatic nitrogens is 3. The SMILES string of the molecule is CC1(C)CC(=O)C2=C(C1)Nc1nc(SCc3ccccc3F)nn1C2c1cccc(OCc2ccc(Cl)cc2Cl)c1. The molecule has 3 aromatic carbocycles. The first kappa shape index (κ1) is 27.8. The lowest BCUT2D eigenvalue weighted by molar-refractivity contribution is -0.118. The molecule has 2 heterocycles. The number of fused-ring (bicyclic) bond motifs is 1. The number of carbonyl (C=O) groups is 1. The summed E-state index contributed by atoms with van der Waals surface area (Å²) >= 11 is 13.7. The van der Waals surface area contributed by atoms with Crippen LogP contribution in [0.3, 0.4) is 0 Å². The maximum atomic E-state index is 14.2. The third kappa shape index (κ3) is 5.87. The molecule has 0 spiro atoms. The van der Waals surface area contributed by atoms with Gasteiger partial charge in [-0.2, -0.15) is 4.98 Å². The zero-order chi connectivity index (χ0) is 28.7. The number of thioether (sulfide) groups is 1. The van der Waals surface area contributed by atoms with Gasteiger partial charge in [-0.15, -0.1) is 5.10 Å². The third-order valence-electron chi connectivity index (χ3n) is 7.21. The Morgan fingerprint density at radius 1 is 1.07 bits per heavy atom. The van der Waals surface area contributed by atoms with E-state index in [4.69, 9.17) is 38.0 Å². The number of ketones is 1. The van der Waals surface area contributed by atoms with Gasteiger partial charge in [-0.25, -0.2) is 9.07 Å². The monoisotopic (exact) mass is 608 g/mol. The predicted molar refractivity (Wildman–Crippen MR) is 160 cm³/mol. The molecule has 0 bridgehead atoms. The van der Waals surface area contributed by atoms with Crippen LogP contribution in [0.1, 0.15) is 49.4 Å². The summed E-state index contributed by atoms with van der Waals surface area (Å²) < 4.78 is 22.1. The minimum atomic E-state index is -0.483. The lowest BCUT2D eigenvalue weighted by Gasteiger charge is -2.38. The summed E-state index contributed by atoms with van der Waals surface area (Å²) in [4.78, 5) is 18.3. The first-order valence-electron chi connectivity index (χ1n) is 13.2. The van der Waals surface area contributed by atoms with E-state index < -0.39 is 6.04 Å². The fraction of sp³-hybridized carbons (Fsp3) is 0.258. The molecular weight excluding hydrogens is 582 g/mol. The molecule has 4 aromatic rings. The van der Waals surface area contributed by atoms with Gasteiger partial charge >= 0.3 is 0 Å². The van der Waals surface area contributed by atoms with Crippen LogP contribution in [0.5, 0.6) is 5.75 Å². The number of hydrogen-bond acceptors (Lipinski definition) is 6. The maximum Gasteiger partial charge on any atom is 0.227 e. The van der Waals surface area contributed by atoms with E-state index in [1.54, 1.807) is 28.9 Å². The molecule has 0 fully saturated rings. The first-order chi connectivity index (χ1) is 19.7. The smallest absolute Gasteiger partial charge is 0.227 e. The minimum absolute atomic E-state index is 0.0785. The van der Waals surface area contributed by atoms with Crippen LogP contribution < -0.4 is 10.1 Å². The highest BCUT2D eigenvalue weighted by atomic mass is 35.5. The first-order valence-corrected chi connectivity index (χ1v) is 14.9. The van der Waals surface area contributed by atoms with Gasteiger partial charge in [0.1, 0.15) is 24.2 Å². The van der Waals surface area contributed by atoms with E-state index >= 15 is 0 Å². The number of rotatable bonds is 7. The summed E-state index contributed by atoms with van der Waals surface area (Å²) in [6.07, 6.45) is 1.15. The number of carbonyl (C=O) groups excluding carboxylic acids is 1. The van der Waals surface area contributed by atoms with Gasteiger partial charge in [0.2, 0.25) is 11.1 Å². The molecular formula is C31H27Cl2FN4O2S. The van der Waals surface area contributed by atoms with Crippen LogP contribution in [0, 0.1) is 11.2 Å². The van der Waals surface area contributed by atoms with Crippen molar-refractivity contribution in [3.8, 4) is 5.75 Å². The number of halogens is 3. The molecule has 210 valence electrons. The zero-order valence-corrected chi connectivity index (χ0v) is 24.8. The lowest BCUT2D eigenvalue weighted by Crippen LogP contribution is -2.36. The molecule has 1 unspecified atom stereocenters. The second-order valence-corrected chi connectivity index (χ2v) is 12.8. The number of anilines is 1. The van der Waals surface area contributed by atoms with Crippen LogP contribution in [-0.4, -0.2) is 20.5 Å². The Balaban J connectivity index is 1.33. The average molecular weight is 610 g/mol. The number of ether oxygens (including phenoxy) is 1. The summed E-state index contributed by atoms with van der Waals surface area (Å²) in [5.74, 6) is 1.38. The van der Waals surface area contributed by atoms with Crippen molar-refractivity contribution >= 4 is 46.7 Å². The molecule has 2 aliphatic rings. The topological polar surface area (TPSA) is 69.0 Å². The highest BCUT2D eigenvalue weighted by Gasteiger charge is 2.42. The predicted octanol–water partition coefficient (Wildman–Crippen LogP) is 8.25. The molecule has 1 aromatic heterocycles. The number of Topliss-reactive ketones (excluding diaryl/α,β-unsaturated/α-hetero) is 1. The summed E-state index contributed by atoms with van der Waals surface area (Å²) in [6.45, 7) is 4.45. The van der Waals surface area contributed by atoms with Gasteiger partial charge in [-0.3, -0.25) is 4.79 Å². The average Bonchev–Trinajstić information content (AvgIpc) is 3.33. The Hall–Kier alpha value is -3.33. The molecule has 41 heavy (non-hydrogen) atoms. The highest BCUT2D eigenvalue weighted by molar-refractivity contribution is 7.98. The Morgan fingerprint density at radius 2 is 1.90 bits per heavy atom.